The first kappa shape index (κ1) is 25.5. The number of aromatic nitrogens is 1. The Morgan fingerprint density at radius 3 is 2.18 bits per heavy atom. The average molecular weight is 516 g/mol. The highest BCUT2D eigenvalue weighted by atomic mass is 16.5. The zero-order valence-corrected chi connectivity index (χ0v) is 21.9. The van der Waals surface area contributed by atoms with Gasteiger partial charge in [0, 0.05) is 16.8 Å². The molecule has 1 N–H and O–H groups in total. The van der Waals surface area contributed by atoms with E-state index in [1.54, 1.807) is 37.6 Å². The van der Waals surface area contributed by atoms with E-state index in [1.165, 1.54) is 0 Å². The van der Waals surface area contributed by atoms with Crippen molar-refractivity contribution in [2.24, 2.45) is 5.10 Å². The minimum atomic E-state index is -0.319. The lowest BCUT2D eigenvalue weighted by molar-refractivity contribution is 0.0955. The lowest BCUT2D eigenvalue weighted by Crippen LogP contribution is -2.17. The molecular weight excluding hydrogens is 486 g/mol. The van der Waals surface area contributed by atoms with Gasteiger partial charge in [0.15, 0.2) is 0 Å². The second-order valence-corrected chi connectivity index (χ2v) is 8.76. The SMILES string of the molecule is CCOc1ccc(-n2c(-c3ccccc3)cc(/C=N\NC(=O)c3cccc(OC)c3)c2-c2ccccc2)cc1. The Hall–Kier alpha value is -5.10. The Bertz CT molecular complexity index is 1570. The van der Waals surface area contributed by atoms with E-state index >= 15 is 0 Å². The molecule has 1 aromatic heterocycles. The van der Waals surface area contributed by atoms with Crippen LogP contribution in [0.3, 0.4) is 0 Å². The monoisotopic (exact) mass is 515 g/mol. The molecule has 0 saturated carbocycles. The summed E-state index contributed by atoms with van der Waals surface area (Å²) in [5, 5.41) is 4.34. The number of methoxy groups -OCH3 is 1. The first-order valence-corrected chi connectivity index (χ1v) is 12.7. The van der Waals surface area contributed by atoms with Crippen LogP contribution in [-0.2, 0) is 0 Å². The number of carbonyl (C=O) groups excluding carboxylic acids is 1. The molecule has 0 bridgehead atoms. The van der Waals surface area contributed by atoms with Crippen LogP contribution in [0.2, 0.25) is 0 Å². The van der Waals surface area contributed by atoms with E-state index in [4.69, 9.17) is 9.47 Å². The Morgan fingerprint density at radius 2 is 1.51 bits per heavy atom. The molecule has 0 spiro atoms. The quantitative estimate of drug-likeness (QED) is 0.170. The molecule has 5 aromatic rings. The molecule has 5 rings (SSSR count). The molecule has 6 nitrogen and oxygen atoms in total. The van der Waals surface area contributed by atoms with E-state index in [0.29, 0.717) is 17.9 Å². The number of carbonyl (C=O) groups is 1. The molecule has 0 aliphatic heterocycles. The zero-order valence-electron chi connectivity index (χ0n) is 21.9. The van der Waals surface area contributed by atoms with Gasteiger partial charge in [-0.25, -0.2) is 5.43 Å². The van der Waals surface area contributed by atoms with E-state index in [2.05, 4.69) is 57.6 Å². The third kappa shape index (κ3) is 5.75. The van der Waals surface area contributed by atoms with Crippen molar-refractivity contribution in [3.63, 3.8) is 0 Å². The predicted octanol–water partition coefficient (Wildman–Crippen LogP) is 6.98. The highest BCUT2D eigenvalue weighted by Gasteiger charge is 2.19. The number of ether oxygens (including phenoxy) is 2. The van der Waals surface area contributed by atoms with Gasteiger partial charge >= 0.3 is 0 Å². The van der Waals surface area contributed by atoms with Crippen LogP contribution in [0.25, 0.3) is 28.2 Å². The highest BCUT2D eigenvalue weighted by molar-refractivity contribution is 5.97. The standard InChI is InChI=1S/C33H29N3O3/c1-3-39-29-19-17-28(18-20-29)36-31(24-11-6-4-7-12-24)22-27(32(36)25-13-8-5-9-14-25)23-34-35-33(37)26-15-10-16-30(21-26)38-2/h4-23H,3H2,1-2H3,(H,35,37)/b34-23-. The normalized spacial score (nSPS) is 10.9. The van der Waals surface area contributed by atoms with Crippen molar-refractivity contribution in [1.29, 1.82) is 0 Å². The van der Waals surface area contributed by atoms with Crippen LogP contribution in [-0.4, -0.2) is 30.4 Å². The first-order valence-electron chi connectivity index (χ1n) is 12.7. The smallest absolute Gasteiger partial charge is 0.271 e. The minimum absolute atomic E-state index is 0.319. The van der Waals surface area contributed by atoms with Gasteiger partial charge < -0.3 is 14.0 Å². The number of benzene rings is 4. The number of amides is 1. The third-order valence-electron chi connectivity index (χ3n) is 6.25. The number of hydrogen-bond donors (Lipinski definition) is 1. The second-order valence-electron chi connectivity index (χ2n) is 8.76. The van der Waals surface area contributed by atoms with E-state index in [1.807, 2.05) is 55.5 Å². The van der Waals surface area contributed by atoms with Crippen molar-refractivity contribution in [1.82, 2.24) is 9.99 Å². The molecular formula is C33H29N3O3. The van der Waals surface area contributed by atoms with Crippen molar-refractivity contribution in [3.05, 3.63) is 126 Å². The fourth-order valence-corrected chi connectivity index (χ4v) is 4.46. The lowest BCUT2D eigenvalue weighted by atomic mass is 10.1. The van der Waals surface area contributed by atoms with Crippen LogP contribution in [0, 0.1) is 0 Å². The van der Waals surface area contributed by atoms with E-state index in [9.17, 15) is 4.79 Å². The predicted molar refractivity (Wildman–Crippen MR) is 156 cm³/mol. The Kier molecular flexibility index (Phi) is 7.84. The Labute approximate surface area is 228 Å². The lowest BCUT2D eigenvalue weighted by Gasteiger charge is -2.15. The summed E-state index contributed by atoms with van der Waals surface area (Å²) in [4.78, 5) is 12.8. The fourth-order valence-electron chi connectivity index (χ4n) is 4.46. The summed E-state index contributed by atoms with van der Waals surface area (Å²) in [6, 6.07) is 37.5. The maximum atomic E-state index is 12.8. The maximum Gasteiger partial charge on any atom is 0.271 e. The molecule has 39 heavy (non-hydrogen) atoms. The van der Waals surface area contributed by atoms with E-state index in [0.717, 1.165) is 39.5 Å². The van der Waals surface area contributed by atoms with Crippen molar-refractivity contribution in [2.45, 2.75) is 6.92 Å². The van der Waals surface area contributed by atoms with Crippen LogP contribution in [0.5, 0.6) is 11.5 Å². The van der Waals surface area contributed by atoms with Crippen LogP contribution in [0.15, 0.2) is 120 Å². The van der Waals surface area contributed by atoms with Gasteiger partial charge in [-0.15, -0.1) is 0 Å². The third-order valence-corrected chi connectivity index (χ3v) is 6.25. The summed E-state index contributed by atoms with van der Waals surface area (Å²) in [6.45, 7) is 2.58. The molecule has 0 unspecified atom stereocenters. The van der Waals surface area contributed by atoms with Gasteiger partial charge in [0.25, 0.3) is 5.91 Å². The first-order chi connectivity index (χ1) is 19.2. The molecule has 0 saturated heterocycles. The van der Waals surface area contributed by atoms with Crippen LogP contribution < -0.4 is 14.9 Å². The van der Waals surface area contributed by atoms with Gasteiger partial charge in [-0.05, 0) is 66.6 Å². The van der Waals surface area contributed by atoms with Crippen LogP contribution >= 0.6 is 0 Å². The molecule has 0 aliphatic rings. The van der Waals surface area contributed by atoms with Crippen molar-refractivity contribution >= 4 is 12.1 Å². The van der Waals surface area contributed by atoms with Gasteiger partial charge in [0.1, 0.15) is 11.5 Å². The summed E-state index contributed by atoms with van der Waals surface area (Å²) in [6.07, 6.45) is 1.69. The van der Waals surface area contributed by atoms with Crippen molar-refractivity contribution in [2.75, 3.05) is 13.7 Å². The van der Waals surface area contributed by atoms with Gasteiger partial charge in [0.05, 0.1) is 31.3 Å². The summed E-state index contributed by atoms with van der Waals surface area (Å²) >= 11 is 0. The topological polar surface area (TPSA) is 64.8 Å². The molecule has 194 valence electrons. The number of hydrogen-bond acceptors (Lipinski definition) is 4. The highest BCUT2D eigenvalue weighted by Crippen LogP contribution is 2.35. The summed E-state index contributed by atoms with van der Waals surface area (Å²) in [7, 11) is 1.57. The largest absolute Gasteiger partial charge is 0.497 e. The van der Waals surface area contributed by atoms with Gasteiger partial charge in [-0.1, -0.05) is 66.7 Å². The molecule has 0 atom stereocenters. The number of nitrogens with one attached hydrogen (secondary N) is 1. The summed E-state index contributed by atoms with van der Waals surface area (Å²) in [5.41, 5.74) is 9.00. The van der Waals surface area contributed by atoms with Crippen LogP contribution in [0.4, 0.5) is 0 Å². The molecule has 0 fully saturated rings. The number of nitrogens with zero attached hydrogens (tertiary/aromatic N) is 2. The molecule has 4 aromatic carbocycles. The number of rotatable bonds is 9. The Balaban J connectivity index is 1.60. The average Bonchev–Trinajstić information content (AvgIpc) is 3.38. The second kappa shape index (κ2) is 12.0. The fraction of sp³-hybridized carbons (Fsp3) is 0.0909. The van der Waals surface area contributed by atoms with Crippen molar-refractivity contribution in [3.8, 4) is 39.7 Å². The molecule has 1 amide bonds. The Morgan fingerprint density at radius 1 is 0.821 bits per heavy atom. The molecule has 0 radical (unpaired) electrons. The van der Waals surface area contributed by atoms with Crippen LogP contribution in [0.1, 0.15) is 22.8 Å². The molecule has 1 heterocycles. The summed E-state index contributed by atoms with van der Waals surface area (Å²) in [5.74, 6) is 1.11. The van der Waals surface area contributed by atoms with Gasteiger partial charge in [0.2, 0.25) is 0 Å². The van der Waals surface area contributed by atoms with E-state index in [-0.39, 0.29) is 5.91 Å². The minimum Gasteiger partial charge on any atom is -0.497 e. The maximum absolute atomic E-state index is 12.8. The van der Waals surface area contributed by atoms with Crippen molar-refractivity contribution < 1.29 is 14.3 Å². The number of hydrazone groups is 1. The summed E-state index contributed by atoms with van der Waals surface area (Å²) < 4.78 is 13.1. The molecule has 0 aliphatic carbocycles. The van der Waals surface area contributed by atoms with Gasteiger partial charge in [-0.2, -0.15) is 5.10 Å². The molecule has 6 heteroatoms. The van der Waals surface area contributed by atoms with E-state index < -0.39 is 0 Å². The van der Waals surface area contributed by atoms with Gasteiger partial charge in [-0.3, -0.25) is 4.79 Å². The zero-order chi connectivity index (χ0) is 27.0.